The third kappa shape index (κ3) is 3.14. The van der Waals surface area contributed by atoms with E-state index >= 15 is 0 Å². The number of nitrogens with zero attached hydrogens (tertiary/aromatic N) is 1. The predicted molar refractivity (Wildman–Crippen MR) is 110 cm³/mol. The predicted octanol–water partition coefficient (Wildman–Crippen LogP) is 3.85. The Morgan fingerprint density at radius 2 is 1.45 bits per heavy atom. The normalized spacial score (nSPS) is 18.0. The molecule has 5 rings (SSSR count). The van der Waals surface area contributed by atoms with E-state index in [-0.39, 0.29) is 17.9 Å². The molecule has 3 aromatic carbocycles. The summed E-state index contributed by atoms with van der Waals surface area (Å²) in [4.78, 5) is 27.6. The quantitative estimate of drug-likeness (QED) is 0.746. The molecular formula is C24H20N2O3. The van der Waals surface area contributed by atoms with Crippen LogP contribution in [0.25, 0.3) is 0 Å². The minimum Gasteiger partial charge on any atom is -0.457 e. The fraction of sp³-hybridized carbons (Fsp3) is 0.167. The molecule has 2 heterocycles. The Balaban J connectivity index is 1.40. The molecule has 1 fully saturated rings. The Morgan fingerprint density at radius 1 is 0.862 bits per heavy atom. The average molecular weight is 384 g/mol. The van der Waals surface area contributed by atoms with Crippen molar-refractivity contribution in [3.05, 3.63) is 90.0 Å². The van der Waals surface area contributed by atoms with Gasteiger partial charge in [0.25, 0.3) is 0 Å². The highest BCUT2D eigenvalue weighted by atomic mass is 16.5. The zero-order valence-corrected chi connectivity index (χ0v) is 15.7. The van der Waals surface area contributed by atoms with Crippen LogP contribution in [0.2, 0.25) is 0 Å². The van der Waals surface area contributed by atoms with Crippen molar-refractivity contribution in [3.8, 4) is 11.5 Å². The van der Waals surface area contributed by atoms with E-state index in [2.05, 4.69) is 5.32 Å². The zero-order valence-electron chi connectivity index (χ0n) is 15.7. The first-order chi connectivity index (χ1) is 14.2. The third-order valence-corrected chi connectivity index (χ3v) is 5.48. The molecule has 1 N–H and O–H groups in total. The van der Waals surface area contributed by atoms with E-state index in [1.807, 2.05) is 78.9 Å². The molecule has 0 unspecified atom stereocenters. The number of fused-ring (bicyclic) bond motifs is 2. The Bertz CT molecular complexity index is 1030. The Labute approximate surface area is 168 Å². The first-order valence-electron chi connectivity index (χ1n) is 9.72. The van der Waals surface area contributed by atoms with Gasteiger partial charge < -0.3 is 15.0 Å². The molecule has 0 aliphatic carbocycles. The summed E-state index contributed by atoms with van der Waals surface area (Å²) in [6.45, 7) is 0.473. The van der Waals surface area contributed by atoms with Gasteiger partial charge in [-0.15, -0.1) is 0 Å². The molecule has 2 aliphatic rings. The molecule has 0 bridgehead atoms. The van der Waals surface area contributed by atoms with E-state index in [1.54, 1.807) is 4.90 Å². The van der Waals surface area contributed by atoms with Gasteiger partial charge in [0.1, 0.15) is 11.5 Å². The van der Waals surface area contributed by atoms with Crippen molar-refractivity contribution in [2.75, 3.05) is 11.4 Å². The second-order valence-corrected chi connectivity index (χ2v) is 7.36. The molecule has 1 atom stereocenters. The van der Waals surface area contributed by atoms with Crippen LogP contribution in [0.4, 0.5) is 5.69 Å². The standard InChI is InChI=1S/C24H20N2O3/c27-22-14-16(15-26(22)17-8-2-1-3-9-17)25-24(28)23-18-10-4-6-12-20(18)29-21-13-7-5-11-19(21)23/h1-13,16,23H,14-15H2,(H,25,28)/t16-/m1/s1. The summed E-state index contributed by atoms with van der Waals surface area (Å²) >= 11 is 0. The summed E-state index contributed by atoms with van der Waals surface area (Å²) in [7, 11) is 0. The number of benzene rings is 3. The number of amides is 2. The summed E-state index contributed by atoms with van der Waals surface area (Å²) in [6, 6.07) is 24.5. The van der Waals surface area contributed by atoms with E-state index in [0.717, 1.165) is 16.8 Å². The van der Waals surface area contributed by atoms with Crippen molar-refractivity contribution < 1.29 is 14.3 Å². The smallest absolute Gasteiger partial charge is 0.232 e. The van der Waals surface area contributed by atoms with Gasteiger partial charge in [-0.25, -0.2) is 0 Å². The lowest BCUT2D eigenvalue weighted by atomic mass is 9.87. The molecule has 5 nitrogen and oxygen atoms in total. The highest BCUT2D eigenvalue weighted by Gasteiger charge is 2.36. The van der Waals surface area contributed by atoms with Crippen LogP contribution in [0.1, 0.15) is 23.5 Å². The van der Waals surface area contributed by atoms with E-state index in [1.165, 1.54) is 0 Å². The maximum absolute atomic E-state index is 13.3. The van der Waals surface area contributed by atoms with Crippen molar-refractivity contribution in [1.29, 1.82) is 0 Å². The summed E-state index contributed by atoms with van der Waals surface area (Å²) in [5.74, 6) is 0.840. The first kappa shape index (κ1) is 17.5. The van der Waals surface area contributed by atoms with Crippen molar-refractivity contribution >= 4 is 17.5 Å². The van der Waals surface area contributed by atoms with Crippen LogP contribution < -0.4 is 15.0 Å². The summed E-state index contributed by atoms with van der Waals surface area (Å²) in [6.07, 6.45) is 0.299. The van der Waals surface area contributed by atoms with E-state index < -0.39 is 5.92 Å². The maximum Gasteiger partial charge on any atom is 0.232 e. The van der Waals surface area contributed by atoms with Crippen molar-refractivity contribution in [1.82, 2.24) is 5.32 Å². The van der Waals surface area contributed by atoms with Crippen LogP contribution in [0.15, 0.2) is 78.9 Å². The molecule has 0 aromatic heterocycles. The van der Waals surface area contributed by atoms with E-state index in [4.69, 9.17) is 4.74 Å². The van der Waals surface area contributed by atoms with Crippen molar-refractivity contribution in [3.63, 3.8) is 0 Å². The van der Waals surface area contributed by atoms with Crippen LogP contribution in [-0.4, -0.2) is 24.4 Å². The molecular weight excluding hydrogens is 364 g/mol. The highest BCUT2D eigenvalue weighted by molar-refractivity contribution is 5.97. The summed E-state index contributed by atoms with van der Waals surface area (Å²) in [5, 5.41) is 3.10. The highest BCUT2D eigenvalue weighted by Crippen LogP contribution is 2.44. The van der Waals surface area contributed by atoms with E-state index in [0.29, 0.717) is 24.5 Å². The van der Waals surface area contributed by atoms with Gasteiger partial charge in [0.05, 0.1) is 12.0 Å². The third-order valence-electron chi connectivity index (χ3n) is 5.48. The summed E-state index contributed by atoms with van der Waals surface area (Å²) in [5.41, 5.74) is 2.54. The molecule has 29 heavy (non-hydrogen) atoms. The minimum absolute atomic E-state index is 0.0225. The number of rotatable bonds is 3. The Kier molecular flexibility index (Phi) is 4.28. The second kappa shape index (κ2) is 7.09. The van der Waals surface area contributed by atoms with Gasteiger partial charge in [0.15, 0.2) is 0 Å². The van der Waals surface area contributed by atoms with Gasteiger partial charge in [-0.1, -0.05) is 54.6 Å². The van der Waals surface area contributed by atoms with Crippen LogP contribution in [0.3, 0.4) is 0 Å². The number of anilines is 1. The number of carbonyl (C=O) groups is 2. The lowest BCUT2D eigenvalue weighted by Crippen LogP contribution is -2.40. The monoisotopic (exact) mass is 384 g/mol. The van der Waals surface area contributed by atoms with Crippen LogP contribution in [-0.2, 0) is 9.59 Å². The van der Waals surface area contributed by atoms with Gasteiger partial charge >= 0.3 is 0 Å². The maximum atomic E-state index is 13.3. The molecule has 2 aliphatic heterocycles. The fourth-order valence-corrected chi connectivity index (χ4v) is 4.14. The molecule has 0 radical (unpaired) electrons. The Morgan fingerprint density at radius 3 is 2.10 bits per heavy atom. The Hall–Kier alpha value is -3.60. The number of hydrogen-bond acceptors (Lipinski definition) is 3. The van der Waals surface area contributed by atoms with Crippen LogP contribution in [0.5, 0.6) is 11.5 Å². The van der Waals surface area contributed by atoms with E-state index in [9.17, 15) is 9.59 Å². The van der Waals surface area contributed by atoms with Gasteiger partial charge in [-0.3, -0.25) is 9.59 Å². The number of carbonyl (C=O) groups excluding carboxylic acids is 2. The molecule has 3 aromatic rings. The number of ether oxygens (including phenoxy) is 1. The first-order valence-corrected chi connectivity index (χ1v) is 9.72. The molecule has 5 heteroatoms. The lowest BCUT2D eigenvalue weighted by molar-refractivity contribution is -0.122. The fourth-order valence-electron chi connectivity index (χ4n) is 4.14. The molecule has 0 spiro atoms. The van der Waals surface area contributed by atoms with Gasteiger partial charge in [-0.05, 0) is 24.3 Å². The second-order valence-electron chi connectivity index (χ2n) is 7.36. The largest absolute Gasteiger partial charge is 0.457 e. The minimum atomic E-state index is -0.461. The van der Waals surface area contributed by atoms with Crippen molar-refractivity contribution in [2.45, 2.75) is 18.4 Å². The molecule has 1 saturated heterocycles. The van der Waals surface area contributed by atoms with Crippen LogP contribution in [0, 0.1) is 0 Å². The SMILES string of the molecule is O=C(N[C@@H]1CC(=O)N(c2ccccc2)C1)C1c2ccccc2Oc2ccccc21. The van der Waals surface area contributed by atoms with Crippen LogP contribution >= 0.6 is 0 Å². The zero-order chi connectivity index (χ0) is 19.8. The number of para-hydroxylation sites is 3. The van der Waals surface area contributed by atoms with Gasteiger partial charge in [0, 0.05) is 29.8 Å². The summed E-state index contributed by atoms with van der Waals surface area (Å²) < 4.78 is 5.98. The number of hydrogen-bond donors (Lipinski definition) is 1. The topological polar surface area (TPSA) is 58.6 Å². The van der Waals surface area contributed by atoms with Crippen molar-refractivity contribution in [2.24, 2.45) is 0 Å². The average Bonchev–Trinajstić information content (AvgIpc) is 3.12. The lowest BCUT2D eigenvalue weighted by Gasteiger charge is -2.28. The molecule has 2 amide bonds. The molecule has 144 valence electrons. The number of nitrogens with one attached hydrogen (secondary N) is 1. The van der Waals surface area contributed by atoms with Gasteiger partial charge in [0.2, 0.25) is 11.8 Å². The molecule has 0 saturated carbocycles. The van der Waals surface area contributed by atoms with Gasteiger partial charge in [-0.2, -0.15) is 0 Å².